The summed E-state index contributed by atoms with van der Waals surface area (Å²) in [6, 6.07) is 6.48. The molecule has 0 heterocycles. The Morgan fingerprint density at radius 2 is 1.62 bits per heavy atom. The van der Waals surface area contributed by atoms with Crippen molar-refractivity contribution in [1.29, 1.82) is 0 Å². The molecule has 1 aliphatic rings. The summed E-state index contributed by atoms with van der Waals surface area (Å²) in [6.45, 7) is 13.0. The van der Waals surface area contributed by atoms with Crippen LogP contribution in [0.25, 0.3) is 0 Å². The van der Waals surface area contributed by atoms with Crippen LogP contribution in [-0.2, 0) is 19.1 Å². The second kappa shape index (κ2) is 11.6. The van der Waals surface area contributed by atoms with Crippen molar-refractivity contribution in [1.82, 2.24) is 0 Å². The molecule has 0 amide bonds. The molecule has 34 heavy (non-hydrogen) atoms. The summed E-state index contributed by atoms with van der Waals surface area (Å²) in [5.74, 6) is 0.0947. The first-order valence-electron chi connectivity index (χ1n) is 11.9. The molecule has 0 aromatic heterocycles. The van der Waals surface area contributed by atoms with Crippen LogP contribution in [0.3, 0.4) is 0 Å². The molecule has 7 heteroatoms. The van der Waals surface area contributed by atoms with Gasteiger partial charge in [0.1, 0.15) is 24.6 Å². The molecule has 0 saturated heterocycles. The molecule has 2 rings (SSSR count). The van der Waals surface area contributed by atoms with Crippen molar-refractivity contribution in [3.05, 3.63) is 42.0 Å². The third-order valence-electron chi connectivity index (χ3n) is 6.85. The quantitative estimate of drug-likeness (QED) is 0.183. The molecule has 0 radical (unpaired) electrons. The third-order valence-corrected chi connectivity index (χ3v) is 6.85. The second-order valence-electron chi connectivity index (χ2n) is 9.54. The van der Waals surface area contributed by atoms with Crippen molar-refractivity contribution < 1.29 is 33.7 Å². The first-order valence-corrected chi connectivity index (χ1v) is 11.9. The molecule has 2 unspecified atom stereocenters. The SMILES string of the molecule is C=C(C)C(=O)OCCC1C(CC(=O)OCCOc2ccc(C(=O)C(C)(C)O)cc2)C1(CC)CC. The molecular formula is C27H38O7. The van der Waals surface area contributed by atoms with Crippen molar-refractivity contribution in [2.24, 2.45) is 17.3 Å². The monoisotopic (exact) mass is 474 g/mol. The van der Waals surface area contributed by atoms with Crippen LogP contribution in [-0.4, -0.2) is 48.3 Å². The number of benzene rings is 1. The summed E-state index contributed by atoms with van der Waals surface area (Å²) >= 11 is 0. The molecule has 188 valence electrons. The molecule has 1 fully saturated rings. The normalized spacial score (nSPS) is 18.6. The van der Waals surface area contributed by atoms with Crippen molar-refractivity contribution >= 4 is 17.7 Å². The number of esters is 2. The van der Waals surface area contributed by atoms with Crippen molar-refractivity contribution in [3.8, 4) is 5.75 Å². The molecule has 0 bridgehead atoms. The Balaban J connectivity index is 1.76. The second-order valence-corrected chi connectivity index (χ2v) is 9.54. The largest absolute Gasteiger partial charge is 0.490 e. The van der Waals surface area contributed by atoms with Gasteiger partial charge in [-0.3, -0.25) is 9.59 Å². The summed E-state index contributed by atoms with van der Waals surface area (Å²) in [4.78, 5) is 36.1. The fourth-order valence-electron chi connectivity index (χ4n) is 4.81. The molecule has 1 aliphatic carbocycles. The Labute approximate surface area is 202 Å². The van der Waals surface area contributed by atoms with Gasteiger partial charge < -0.3 is 19.3 Å². The Morgan fingerprint density at radius 3 is 2.15 bits per heavy atom. The smallest absolute Gasteiger partial charge is 0.333 e. The van der Waals surface area contributed by atoms with Gasteiger partial charge in [0.2, 0.25) is 0 Å². The van der Waals surface area contributed by atoms with E-state index in [4.69, 9.17) is 14.2 Å². The molecular weight excluding hydrogens is 436 g/mol. The van der Waals surface area contributed by atoms with E-state index in [-0.39, 0.29) is 42.3 Å². The van der Waals surface area contributed by atoms with E-state index in [1.165, 1.54) is 13.8 Å². The Kier molecular flexibility index (Phi) is 9.45. The number of hydrogen-bond donors (Lipinski definition) is 1. The topological polar surface area (TPSA) is 99.1 Å². The highest BCUT2D eigenvalue weighted by atomic mass is 16.6. The summed E-state index contributed by atoms with van der Waals surface area (Å²) in [7, 11) is 0. The highest BCUT2D eigenvalue weighted by Gasteiger charge is 2.61. The molecule has 2 atom stereocenters. The van der Waals surface area contributed by atoms with E-state index in [1.807, 2.05) is 0 Å². The predicted octanol–water partition coefficient (Wildman–Crippen LogP) is 4.51. The number of carbonyl (C=O) groups excluding carboxylic acids is 3. The molecule has 0 aliphatic heterocycles. The van der Waals surface area contributed by atoms with Gasteiger partial charge in [0.15, 0.2) is 5.78 Å². The van der Waals surface area contributed by atoms with Crippen LogP contribution in [0.4, 0.5) is 0 Å². The van der Waals surface area contributed by atoms with Crippen LogP contribution in [0.15, 0.2) is 36.4 Å². The number of ether oxygens (including phenoxy) is 3. The number of carbonyl (C=O) groups is 3. The lowest BCUT2D eigenvalue weighted by molar-refractivity contribution is -0.145. The minimum atomic E-state index is -1.43. The first kappa shape index (κ1) is 27.6. The number of Topliss-reactive ketones (excluding diaryl/α,β-unsaturated/α-hetero) is 1. The Morgan fingerprint density at radius 1 is 1.00 bits per heavy atom. The zero-order valence-corrected chi connectivity index (χ0v) is 21.0. The fourth-order valence-corrected chi connectivity index (χ4v) is 4.81. The summed E-state index contributed by atoms with van der Waals surface area (Å²) < 4.78 is 16.2. The molecule has 7 nitrogen and oxygen atoms in total. The van der Waals surface area contributed by atoms with Gasteiger partial charge in [0.05, 0.1) is 6.61 Å². The van der Waals surface area contributed by atoms with Gasteiger partial charge in [-0.05, 0) is 81.5 Å². The van der Waals surface area contributed by atoms with Crippen molar-refractivity contribution in [2.45, 2.75) is 65.9 Å². The highest BCUT2D eigenvalue weighted by molar-refractivity contribution is 6.01. The minimum absolute atomic E-state index is 0.0907. The van der Waals surface area contributed by atoms with E-state index < -0.39 is 5.60 Å². The van der Waals surface area contributed by atoms with Crippen LogP contribution < -0.4 is 4.74 Å². The van der Waals surface area contributed by atoms with Gasteiger partial charge >= 0.3 is 11.9 Å². The summed E-state index contributed by atoms with van der Waals surface area (Å²) in [6.07, 6.45) is 3.01. The molecule has 1 aromatic rings. The average molecular weight is 475 g/mol. The van der Waals surface area contributed by atoms with Gasteiger partial charge in [-0.1, -0.05) is 20.4 Å². The maximum Gasteiger partial charge on any atom is 0.333 e. The van der Waals surface area contributed by atoms with E-state index in [9.17, 15) is 19.5 Å². The lowest BCUT2D eigenvalue weighted by atomic mass is 9.93. The van der Waals surface area contributed by atoms with E-state index in [1.54, 1.807) is 31.2 Å². The molecule has 1 aromatic carbocycles. The van der Waals surface area contributed by atoms with Gasteiger partial charge in [0.25, 0.3) is 0 Å². The van der Waals surface area contributed by atoms with E-state index in [0.29, 0.717) is 35.8 Å². The fraction of sp³-hybridized carbons (Fsp3) is 0.593. The molecule has 1 saturated carbocycles. The zero-order chi connectivity index (χ0) is 25.5. The number of rotatable bonds is 14. The average Bonchev–Trinajstić information content (AvgIpc) is 3.40. The number of hydrogen-bond acceptors (Lipinski definition) is 7. The van der Waals surface area contributed by atoms with Crippen molar-refractivity contribution in [3.63, 3.8) is 0 Å². The minimum Gasteiger partial charge on any atom is -0.490 e. The van der Waals surface area contributed by atoms with Crippen LogP contribution in [0.5, 0.6) is 5.75 Å². The van der Waals surface area contributed by atoms with Crippen molar-refractivity contribution in [2.75, 3.05) is 19.8 Å². The number of aliphatic hydroxyl groups is 1. The maximum atomic E-state index is 12.4. The first-order chi connectivity index (χ1) is 16.0. The van der Waals surface area contributed by atoms with Crippen LogP contribution >= 0.6 is 0 Å². The molecule has 0 spiro atoms. The van der Waals surface area contributed by atoms with Crippen LogP contribution in [0.1, 0.15) is 70.7 Å². The standard InChI is InChI=1S/C27H38O7/c1-7-27(8-2)21(13-14-34-25(30)18(3)4)22(27)17-23(28)33-16-15-32-20-11-9-19(10-12-20)24(29)26(5,6)31/h9-12,21-22,31H,3,7-8,13-17H2,1-2,4-6H3. The van der Waals surface area contributed by atoms with E-state index in [0.717, 1.165) is 19.3 Å². The highest BCUT2D eigenvalue weighted by Crippen LogP contribution is 2.66. The van der Waals surface area contributed by atoms with Gasteiger partial charge in [-0.25, -0.2) is 4.79 Å². The van der Waals surface area contributed by atoms with Gasteiger partial charge in [0, 0.05) is 17.6 Å². The van der Waals surface area contributed by atoms with Crippen LogP contribution in [0, 0.1) is 17.3 Å². The third kappa shape index (κ3) is 6.92. The number of ketones is 1. The van der Waals surface area contributed by atoms with Crippen LogP contribution in [0.2, 0.25) is 0 Å². The maximum absolute atomic E-state index is 12.4. The zero-order valence-electron chi connectivity index (χ0n) is 21.0. The lowest BCUT2D eigenvalue weighted by Crippen LogP contribution is -2.30. The Hall–Kier alpha value is -2.67. The van der Waals surface area contributed by atoms with Gasteiger partial charge in [-0.15, -0.1) is 0 Å². The van der Waals surface area contributed by atoms with E-state index in [2.05, 4.69) is 20.4 Å². The summed E-state index contributed by atoms with van der Waals surface area (Å²) in [5, 5.41) is 9.81. The Bertz CT molecular complexity index is 875. The van der Waals surface area contributed by atoms with E-state index >= 15 is 0 Å². The molecule has 1 N–H and O–H groups in total. The van der Waals surface area contributed by atoms with Gasteiger partial charge in [-0.2, -0.15) is 0 Å². The summed E-state index contributed by atoms with van der Waals surface area (Å²) in [5.41, 5.74) is -0.559. The predicted molar refractivity (Wildman–Crippen MR) is 129 cm³/mol. The lowest BCUT2D eigenvalue weighted by Gasteiger charge is -2.15.